The first-order chi connectivity index (χ1) is 15.4. The number of hydrogen-bond acceptors (Lipinski definition) is 4. The van der Waals surface area contributed by atoms with Gasteiger partial charge in [0, 0.05) is 13.0 Å². The highest BCUT2D eigenvalue weighted by Crippen LogP contribution is 2.30. The van der Waals surface area contributed by atoms with Crippen LogP contribution >= 0.6 is 0 Å². The highest BCUT2D eigenvalue weighted by atomic mass is 16.4. The zero-order valence-corrected chi connectivity index (χ0v) is 17.3. The number of rotatable bonds is 6. The second-order valence-electron chi connectivity index (χ2n) is 7.84. The van der Waals surface area contributed by atoms with Crippen LogP contribution in [0.1, 0.15) is 40.7 Å². The van der Waals surface area contributed by atoms with Crippen LogP contribution in [0.2, 0.25) is 0 Å². The summed E-state index contributed by atoms with van der Waals surface area (Å²) in [6.45, 7) is 0.324. The highest BCUT2D eigenvalue weighted by Gasteiger charge is 2.45. The molecule has 2 aromatic carbocycles. The van der Waals surface area contributed by atoms with E-state index in [4.69, 9.17) is 5.11 Å². The molecule has 3 amide bonds. The monoisotopic (exact) mass is 433 g/mol. The maximum absolute atomic E-state index is 13.3. The maximum atomic E-state index is 13.3. The Bertz CT molecular complexity index is 1100. The van der Waals surface area contributed by atoms with E-state index in [9.17, 15) is 19.2 Å². The van der Waals surface area contributed by atoms with Gasteiger partial charge in [0.05, 0.1) is 23.7 Å². The Balaban J connectivity index is 1.53. The molecule has 164 valence electrons. The molecular formula is C24H23N3O5. The Labute approximate surface area is 184 Å². The Hall–Kier alpha value is -3.94. The fraction of sp³-hybridized carbons (Fsp3) is 0.250. The Morgan fingerprint density at radius 1 is 1.06 bits per heavy atom. The van der Waals surface area contributed by atoms with Crippen molar-refractivity contribution in [3.05, 3.63) is 65.2 Å². The normalized spacial score (nSPS) is 19.8. The molecule has 8 heteroatoms. The summed E-state index contributed by atoms with van der Waals surface area (Å²) in [6.07, 6.45) is 3.81. The molecule has 2 aliphatic heterocycles. The van der Waals surface area contributed by atoms with E-state index >= 15 is 0 Å². The van der Waals surface area contributed by atoms with Gasteiger partial charge in [0.25, 0.3) is 5.91 Å². The SMILES string of the molecule is O=C(O)CCC(=O)NC1CCN2C(=O)c3cc(C=Cc4ccccc4)ccc3NC(=O)C12. The molecule has 32 heavy (non-hydrogen) atoms. The van der Waals surface area contributed by atoms with E-state index in [0.29, 0.717) is 24.2 Å². The first-order valence-corrected chi connectivity index (χ1v) is 10.4. The fourth-order valence-corrected chi connectivity index (χ4v) is 4.06. The number of carbonyl (C=O) groups is 4. The molecular weight excluding hydrogens is 410 g/mol. The molecule has 2 aliphatic rings. The number of hydrogen-bond donors (Lipinski definition) is 3. The maximum Gasteiger partial charge on any atom is 0.303 e. The van der Waals surface area contributed by atoms with Crippen LogP contribution in [0.5, 0.6) is 0 Å². The van der Waals surface area contributed by atoms with Gasteiger partial charge in [-0.25, -0.2) is 0 Å². The quantitative estimate of drug-likeness (QED) is 0.605. The number of carbonyl (C=O) groups excluding carboxylic acids is 3. The van der Waals surface area contributed by atoms with Crippen molar-refractivity contribution in [2.75, 3.05) is 11.9 Å². The van der Waals surface area contributed by atoms with E-state index in [1.165, 1.54) is 4.90 Å². The predicted octanol–water partition coefficient (Wildman–Crippen LogP) is 2.37. The van der Waals surface area contributed by atoms with E-state index in [1.807, 2.05) is 48.6 Å². The summed E-state index contributed by atoms with van der Waals surface area (Å²) >= 11 is 0. The summed E-state index contributed by atoms with van der Waals surface area (Å²) < 4.78 is 0. The van der Waals surface area contributed by atoms with E-state index in [1.54, 1.807) is 12.1 Å². The lowest BCUT2D eigenvalue weighted by molar-refractivity contribution is -0.139. The smallest absolute Gasteiger partial charge is 0.303 e. The fourth-order valence-electron chi connectivity index (χ4n) is 4.06. The second kappa shape index (κ2) is 9.05. The Kier molecular flexibility index (Phi) is 6.02. The van der Waals surface area contributed by atoms with E-state index in [2.05, 4.69) is 10.6 Å². The molecule has 0 saturated carbocycles. The summed E-state index contributed by atoms with van der Waals surface area (Å²) in [5.41, 5.74) is 2.69. The zero-order chi connectivity index (χ0) is 22.7. The van der Waals surface area contributed by atoms with Crippen LogP contribution in [0.25, 0.3) is 12.2 Å². The first kappa shape index (κ1) is 21.3. The Morgan fingerprint density at radius 2 is 1.81 bits per heavy atom. The number of benzene rings is 2. The molecule has 4 rings (SSSR count). The number of carboxylic acids is 1. The lowest BCUT2D eigenvalue weighted by atomic mass is 10.1. The average Bonchev–Trinajstić information content (AvgIpc) is 3.16. The van der Waals surface area contributed by atoms with Crippen molar-refractivity contribution in [1.29, 1.82) is 0 Å². The van der Waals surface area contributed by atoms with Gasteiger partial charge >= 0.3 is 5.97 Å². The van der Waals surface area contributed by atoms with Gasteiger partial charge in [-0.3, -0.25) is 19.2 Å². The van der Waals surface area contributed by atoms with Gasteiger partial charge in [0.1, 0.15) is 6.04 Å². The molecule has 2 aromatic rings. The lowest BCUT2D eigenvalue weighted by Crippen LogP contribution is -2.51. The highest BCUT2D eigenvalue weighted by molar-refractivity contribution is 6.11. The van der Waals surface area contributed by atoms with E-state index in [0.717, 1.165) is 11.1 Å². The molecule has 0 bridgehead atoms. The van der Waals surface area contributed by atoms with Crippen LogP contribution in [-0.4, -0.2) is 52.3 Å². The van der Waals surface area contributed by atoms with E-state index in [-0.39, 0.29) is 24.7 Å². The lowest BCUT2D eigenvalue weighted by Gasteiger charge is -2.24. The third-order valence-electron chi connectivity index (χ3n) is 5.64. The molecule has 1 fully saturated rings. The van der Waals surface area contributed by atoms with Crippen molar-refractivity contribution < 1.29 is 24.3 Å². The van der Waals surface area contributed by atoms with Crippen molar-refractivity contribution in [3.63, 3.8) is 0 Å². The van der Waals surface area contributed by atoms with Gasteiger partial charge in [0.2, 0.25) is 11.8 Å². The predicted molar refractivity (Wildman–Crippen MR) is 119 cm³/mol. The molecule has 8 nitrogen and oxygen atoms in total. The Morgan fingerprint density at radius 3 is 2.56 bits per heavy atom. The van der Waals surface area contributed by atoms with Crippen LogP contribution in [0, 0.1) is 0 Å². The van der Waals surface area contributed by atoms with Crippen LogP contribution in [-0.2, 0) is 14.4 Å². The minimum Gasteiger partial charge on any atom is -0.481 e. The number of aliphatic carboxylic acids is 1. The van der Waals surface area contributed by atoms with Gasteiger partial charge in [0.15, 0.2) is 0 Å². The van der Waals surface area contributed by atoms with Crippen molar-refractivity contribution in [1.82, 2.24) is 10.2 Å². The molecule has 0 radical (unpaired) electrons. The third kappa shape index (κ3) is 4.54. The summed E-state index contributed by atoms with van der Waals surface area (Å²) in [5, 5.41) is 14.3. The van der Waals surface area contributed by atoms with Crippen molar-refractivity contribution in [3.8, 4) is 0 Å². The van der Waals surface area contributed by atoms with Crippen LogP contribution in [0.4, 0.5) is 5.69 Å². The number of anilines is 1. The number of fused-ring (bicyclic) bond motifs is 2. The van der Waals surface area contributed by atoms with Gasteiger partial charge in [-0.15, -0.1) is 0 Å². The van der Waals surface area contributed by atoms with Gasteiger partial charge in [-0.2, -0.15) is 0 Å². The second-order valence-corrected chi connectivity index (χ2v) is 7.84. The van der Waals surface area contributed by atoms with Gasteiger partial charge in [-0.1, -0.05) is 48.6 Å². The van der Waals surface area contributed by atoms with E-state index < -0.39 is 24.0 Å². The molecule has 1 saturated heterocycles. The van der Waals surface area contributed by atoms with Gasteiger partial charge in [-0.05, 0) is 29.7 Å². The first-order valence-electron chi connectivity index (χ1n) is 10.4. The van der Waals surface area contributed by atoms with Crippen molar-refractivity contribution >= 4 is 41.5 Å². The molecule has 2 atom stereocenters. The number of amides is 3. The molecule has 3 N–H and O–H groups in total. The standard InChI is InChI=1S/C24H23N3O5/c28-20(10-11-21(29)30)25-19-12-13-27-22(19)23(31)26-18-9-8-16(14-17(18)24(27)32)7-6-15-4-2-1-3-5-15/h1-9,14,19,22H,10-13H2,(H,25,28)(H,26,31)(H,29,30). The van der Waals surface area contributed by atoms with Crippen LogP contribution < -0.4 is 10.6 Å². The average molecular weight is 433 g/mol. The van der Waals surface area contributed by atoms with Crippen molar-refractivity contribution in [2.45, 2.75) is 31.3 Å². The molecule has 2 unspecified atom stereocenters. The van der Waals surface area contributed by atoms with Crippen molar-refractivity contribution in [2.24, 2.45) is 0 Å². The number of nitrogens with one attached hydrogen (secondary N) is 2. The minimum absolute atomic E-state index is 0.175. The molecule has 0 aliphatic carbocycles. The van der Waals surface area contributed by atoms with Crippen LogP contribution in [0.3, 0.4) is 0 Å². The third-order valence-corrected chi connectivity index (χ3v) is 5.64. The van der Waals surface area contributed by atoms with Crippen LogP contribution in [0.15, 0.2) is 48.5 Å². The summed E-state index contributed by atoms with van der Waals surface area (Å²) in [4.78, 5) is 50.4. The topological polar surface area (TPSA) is 116 Å². The zero-order valence-electron chi connectivity index (χ0n) is 17.3. The molecule has 0 aromatic heterocycles. The summed E-state index contributed by atoms with van der Waals surface area (Å²) in [5.74, 6) is -2.16. The number of carboxylic acid groups (broad SMARTS) is 1. The van der Waals surface area contributed by atoms with Gasteiger partial charge < -0.3 is 20.6 Å². The summed E-state index contributed by atoms with van der Waals surface area (Å²) in [7, 11) is 0. The molecule has 2 heterocycles. The summed E-state index contributed by atoms with van der Waals surface area (Å²) in [6, 6.07) is 13.7. The number of nitrogens with zero attached hydrogens (tertiary/aromatic N) is 1. The minimum atomic E-state index is -1.07. The molecule has 0 spiro atoms. The largest absolute Gasteiger partial charge is 0.481 e.